The van der Waals surface area contributed by atoms with E-state index >= 15 is 0 Å². The van der Waals surface area contributed by atoms with Gasteiger partial charge in [0.1, 0.15) is 11.5 Å². The fraction of sp³-hybridized carbons (Fsp3) is 0.231. The van der Waals surface area contributed by atoms with Gasteiger partial charge < -0.3 is 19.6 Å². The smallest absolute Gasteiger partial charge is 0.180 e. The lowest BCUT2D eigenvalue weighted by atomic mass is 10.2. The van der Waals surface area contributed by atoms with Gasteiger partial charge in [0.15, 0.2) is 17.3 Å². The van der Waals surface area contributed by atoms with Gasteiger partial charge in [0.2, 0.25) is 0 Å². The molecule has 0 fully saturated rings. The zero-order chi connectivity index (χ0) is 14.1. The molecule has 7 heteroatoms. The Labute approximate surface area is 115 Å². The molecule has 1 unspecified atom stereocenters. The number of nitrogens with one attached hydrogen (secondary N) is 2. The van der Waals surface area contributed by atoms with Crippen LogP contribution in [0.25, 0.3) is 5.65 Å². The van der Waals surface area contributed by atoms with Crippen molar-refractivity contribution in [2.45, 2.75) is 19.9 Å². The molecule has 3 rings (SSSR count). The monoisotopic (exact) mass is 272 g/mol. The predicted molar refractivity (Wildman–Crippen MR) is 76.3 cm³/mol. The Bertz CT molecular complexity index is 731. The number of fused-ring (bicyclic) bond motifs is 1. The largest absolute Gasteiger partial charge is 0.464 e. The van der Waals surface area contributed by atoms with Crippen LogP contribution in [0.15, 0.2) is 35.1 Å². The van der Waals surface area contributed by atoms with Crippen LogP contribution in [0, 0.1) is 6.92 Å². The molecule has 0 amide bonds. The Balaban J connectivity index is 1.95. The molecule has 20 heavy (non-hydrogen) atoms. The molecule has 0 bridgehead atoms. The molecule has 0 saturated carbocycles. The van der Waals surface area contributed by atoms with Gasteiger partial charge in [-0.3, -0.25) is 0 Å². The first kappa shape index (κ1) is 12.5. The summed E-state index contributed by atoms with van der Waals surface area (Å²) in [6, 6.07) is 3.86. The number of nitrogens with zero attached hydrogens (tertiary/aromatic N) is 3. The molecule has 0 aromatic carbocycles. The highest BCUT2D eigenvalue weighted by Crippen LogP contribution is 2.23. The molecule has 7 nitrogen and oxygen atoms in total. The topological polar surface area (TPSA) is 93.4 Å². The second-order valence-corrected chi connectivity index (χ2v) is 4.59. The van der Waals surface area contributed by atoms with Crippen LogP contribution in [0.3, 0.4) is 0 Å². The second-order valence-electron chi connectivity index (χ2n) is 4.59. The molecule has 0 aliphatic carbocycles. The second kappa shape index (κ2) is 4.86. The molecule has 0 saturated heterocycles. The fourth-order valence-electron chi connectivity index (χ4n) is 2.06. The van der Waals surface area contributed by atoms with E-state index in [4.69, 9.17) is 10.3 Å². The van der Waals surface area contributed by atoms with Crippen molar-refractivity contribution in [2.75, 3.05) is 10.7 Å². The Kier molecular flexibility index (Phi) is 3.03. The Morgan fingerprint density at radius 1 is 1.40 bits per heavy atom. The number of aryl methyl sites for hydroxylation is 1. The number of nitrogens with two attached hydrogens (primary N) is 1. The number of hydrogen-bond donors (Lipinski definition) is 3. The third-order valence-corrected chi connectivity index (χ3v) is 3.06. The van der Waals surface area contributed by atoms with Crippen LogP contribution in [0.2, 0.25) is 0 Å². The van der Waals surface area contributed by atoms with E-state index in [2.05, 4.69) is 20.7 Å². The van der Waals surface area contributed by atoms with Crippen molar-refractivity contribution in [2.24, 2.45) is 5.84 Å². The highest BCUT2D eigenvalue weighted by Gasteiger charge is 2.13. The molecule has 0 aliphatic rings. The van der Waals surface area contributed by atoms with Crippen molar-refractivity contribution >= 4 is 17.3 Å². The zero-order valence-corrected chi connectivity index (χ0v) is 11.3. The van der Waals surface area contributed by atoms with Crippen LogP contribution in [0.1, 0.15) is 24.5 Å². The lowest BCUT2D eigenvalue weighted by Crippen LogP contribution is -2.13. The van der Waals surface area contributed by atoms with E-state index in [1.165, 1.54) is 0 Å². The quantitative estimate of drug-likeness (QED) is 0.497. The summed E-state index contributed by atoms with van der Waals surface area (Å²) in [5.74, 6) is 8.36. The number of imidazole rings is 1. The molecule has 0 aliphatic heterocycles. The average molecular weight is 272 g/mol. The average Bonchev–Trinajstić information content (AvgIpc) is 3.06. The number of aromatic nitrogens is 3. The summed E-state index contributed by atoms with van der Waals surface area (Å²) in [5.41, 5.74) is 3.28. The van der Waals surface area contributed by atoms with Crippen molar-refractivity contribution in [3.8, 4) is 0 Å². The molecule has 3 aromatic heterocycles. The number of anilines is 2. The SMILES string of the molecule is Cc1ccc(C(C)Nc2nc(NN)cn3ccnc23)o1. The molecule has 3 aromatic rings. The molecule has 0 radical (unpaired) electrons. The maximum absolute atomic E-state index is 5.61. The van der Waals surface area contributed by atoms with Gasteiger partial charge in [-0.1, -0.05) is 0 Å². The van der Waals surface area contributed by atoms with Crippen molar-refractivity contribution in [1.29, 1.82) is 0 Å². The van der Waals surface area contributed by atoms with E-state index in [-0.39, 0.29) is 6.04 Å². The van der Waals surface area contributed by atoms with E-state index < -0.39 is 0 Å². The molecule has 4 N–H and O–H groups in total. The van der Waals surface area contributed by atoms with E-state index in [1.54, 1.807) is 12.4 Å². The first-order chi connectivity index (χ1) is 9.67. The highest BCUT2D eigenvalue weighted by atomic mass is 16.3. The maximum atomic E-state index is 5.61. The summed E-state index contributed by atoms with van der Waals surface area (Å²) in [4.78, 5) is 8.68. The zero-order valence-electron chi connectivity index (χ0n) is 11.3. The van der Waals surface area contributed by atoms with Crippen molar-refractivity contribution in [3.63, 3.8) is 0 Å². The molecular formula is C13H16N6O. The Morgan fingerprint density at radius 2 is 2.25 bits per heavy atom. The van der Waals surface area contributed by atoms with E-state index in [0.29, 0.717) is 11.6 Å². The minimum Gasteiger partial charge on any atom is -0.464 e. The first-order valence-corrected chi connectivity index (χ1v) is 6.30. The van der Waals surface area contributed by atoms with Crippen LogP contribution in [0.4, 0.5) is 11.6 Å². The molecular weight excluding hydrogens is 256 g/mol. The van der Waals surface area contributed by atoms with Gasteiger partial charge in [0.05, 0.1) is 12.2 Å². The molecule has 0 spiro atoms. The summed E-state index contributed by atoms with van der Waals surface area (Å²) < 4.78 is 7.46. The van der Waals surface area contributed by atoms with Crippen LogP contribution < -0.4 is 16.6 Å². The molecule has 1 atom stereocenters. The summed E-state index contributed by atoms with van der Waals surface area (Å²) in [6.45, 7) is 3.92. The normalized spacial score (nSPS) is 12.6. The van der Waals surface area contributed by atoms with Gasteiger partial charge in [-0.05, 0) is 26.0 Å². The number of hydrogen-bond acceptors (Lipinski definition) is 6. The van der Waals surface area contributed by atoms with Gasteiger partial charge in [-0.2, -0.15) is 0 Å². The first-order valence-electron chi connectivity index (χ1n) is 6.30. The van der Waals surface area contributed by atoms with Crippen molar-refractivity contribution in [1.82, 2.24) is 14.4 Å². The lowest BCUT2D eigenvalue weighted by molar-refractivity contribution is 0.466. The summed E-state index contributed by atoms with van der Waals surface area (Å²) in [7, 11) is 0. The van der Waals surface area contributed by atoms with Gasteiger partial charge in [-0.25, -0.2) is 15.8 Å². The number of hydrazine groups is 1. The minimum absolute atomic E-state index is 0.0234. The van der Waals surface area contributed by atoms with Gasteiger partial charge >= 0.3 is 0 Å². The fourth-order valence-corrected chi connectivity index (χ4v) is 2.06. The summed E-state index contributed by atoms with van der Waals surface area (Å²) in [6.07, 6.45) is 5.32. The van der Waals surface area contributed by atoms with Crippen LogP contribution in [-0.2, 0) is 0 Å². The summed E-state index contributed by atoms with van der Waals surface area (Å²) in [5, 5.41) is 3.29. The van der Waals surface area contributed by atoms with Gasteiger partial charge in [0.25, 0.3) is 0 Å². The van der Waals surface area contributed by atoms with Crippen LogP contribution >= 0.6 is 0 Å². The number of furan rings is 1. The number of nitrogen functional groups attached to an aromatic ring is 1. The number of rotatable bonds is 4. The van der Waals surface area contributed by atoms with Gasteiger partial charge in [-0.15, -0.1) is 0 Å². The molecule has 3 heterocycles. The molecule has 104 valence electrons. The maximum Gasteiger partial charge on any atom is 0.180 e. The van der Waals surface area contributed by atoms with Crippen LogP contribution in [-0.4, -0.2) is 14.4 Å². The van der Waals surface area contributed by atoms with Crippen molar-refractivity contribution < 1.29 is 4.42 Å². The van der Waals surface area contributed by atoms with E-state index in [1.807, 2.05) is 36.6 Å². The Hall–Kier alpha value is -2.54. The highest BCUT2D eigenvalue weighted by molar-refractivity contribution is 5.65. The minimum atomic E-state index is -0.0234. The third-order valence-electron chi connectivity index (χ3n) is 3.06. The lowest BCUT2D eigenvalue weighted by Gasteiger charge is -2.14. The summed E-state index contributed by atoms with van der Waals surface area (Å²) >= 11 is 0. The van der Waals surface area contributed by atoms with E-state index in [9.17, 15) is 0 Å². The van der Waals surface area contributed by atoms with Gasteiger partial charge in [0, 0.05) is 12.4 Å². The third kappa shape index (κ3) is 2.19. The van der Waals surface area contributed by atoms with Crippen molar-refractivity contribution in [3.05, 3.63) is 42.2 Å². The Morgan fingerprint density at radius 3 is 2.95 bits per heavy atom. The van der Waals surface area contributed by atoms with Crippen LogP contribution in [0.5, 0.6) is 0 Å². The standard InChI is InChI=1S/C13H16N6O/c1-8-3-4-10(20-8)9(2)16-12-13-15-5-6-19(13)7-11(17-12)18-14/h3-7,9,18H,14H2,1-2H3,(H,16,17). The van der Waals surface area contributed by atoms with E-state index in [0.717, 1.165) is 17.2 Å². The predicted octanol–water partition coefficient (Wildman–Crippen LogP) is 2.09.